The second-order valence-electron chi connectivity index (χ2n) is 5.07. The van der Waals surface area contributed by atoms with Crippen LogP contribution >= 0.6 is 12.2 Å². The minimum atomic E-state index is -0.177. The smallest absolute Gasteiger partial charge is 0.293 e. The van der Waals surface area contributed by atoms with Crippen molar-refractivity contribution in [3.8, 4) is 17.4 Å². The first-order chi connectivity index (χ1) is 12.2. The lowest BCUT2D eigenvalue weighted by Gasteiger charge is -2.04. The Bertz CT molecular complexity index is 1080. The van der Waals surface area contributed by atoms with Gasteiger partial charge in [0.1, 0.15) is 23.0 Å². The van der Waals surface area contributed by atoms with Gasteiger partial charge in [0.2, 0.25) is 0 Å². The van der Waals surface area contributed by atoms with E-state index in [0.29, 0.717) is 10.6 Å². The first-order valence-electron chi connectivity index (χ1n) is 7.34. The average molecular weight is 345 g/mol. The summed E-state index contributed by atoms with van der Waals surface area (Å²) in [6.45, 7) is 0. The van der Waals surface area contributed by atoms with Gasteiger partial charge >= 0.3 is 4.77 Å². The van der Waals surface area contributed by atoms with Crippen molar-refractivity contribution in [3.63, 3.8) is 0 Å². The van der Waals surface area contributed by atoms with Gasteiger partial charge in [-0.2, -0.15) is 9.83 Å². The molecule has 120 valence electrons. The van der Waals surface area contributed by atoms with Gasteiger partial charge in [0.25, 0.3) is 5.82 Å². The van der Waals surface area contributed by atoms with Gasteiger partial charge < -0.3 is 0 Å². The topological polar surface area (TPSA) is 96.1 Å². The van der Waals surface area contributed by atoms with Crippen LogP contribution in [0.15, 0.2) is 66.2 Å². The lowest BCUT2D eigenvalue weighted by molar-refractivity contribution is -0.604. The number of aromatic amines is 1. The minimum absolute atomic E-state index is 0.141. The van der Waals surface area contributed by atoms with E-state index in [1.54, 1.807) is 9.25 Å². The molecule has 2 aromatic carbocycles. The molecule has 3 N–H and O–H groups in total. The molecule has 0 aliphatic heterocycles. The highest BCUT2D eigenvalue weighted by atomic mass is 32.1. The maximum atomic E-state index is 9.22. The van der Waals surface area contributed by atoms with Crippen LogP contribution in [0.3, 0.4) is 0 Å². The maximum absolute atomic E-state index is 9.22. The summed E-state index contributed by atoms with van der Waals surface area (Å²) in [5, 5.41) is 28.0. The molecule has 0 amide bonds. The van der Waals surface area contributed by atoms with Crippen LogP contribution in [0.4, 0.5) is 0 Å². The lowest BCUT2D eigenvalue weighted by Crippen LogP contribution is -2.38. The zero-order chi connectivity index (χ0) is 17.8. The number of nitrogens with one attached hydrogen (secondary N) is 3. The summed E-state index contributed by atoms with van der Waals surface area (Å²) in [6, 6.07) is 20.5. The molecule has 7 heteroatoms. The van der Waals surface area contributed by atoms with Gasteiger partial charge in [0, 0.05) is 0 Å². The highest BCUT2D eigenvalue weighted by Gasteiger charge is 2.28. The quantitative estimate of drug-likeness (QED) is 0.293. The Kier molecular flexibility index (Phi) is 4.48. The summed E-state index contributed by atoms with van der Waals surface area (Å²) in [6.07, 6.45) is 0. The lowest BCUT2D eigenvalue weighted by atomic mass is 10.1. The average Bonchev–Trinajstić information content (AvgIpc) is 3.01. The normalized spacial score (nSPS) is 9.88. The first kappa shape index (κ1) is 16.3. The zero-order valence-corrected chi connectivity index (χ0v) is 13.8. The third-order valence-electron chi connectivity index (χ3n) is 3.57. The SMILES string of the molecule is N#CC(=C=N)C(=N)c1n(-c2ccccc2)[nH]c(=S)[n+]1-c1ccccc1. The summed E-state index contributed by atoms with van der Waals surface area (Å²) in [5.74, 6) is 2.37. The van der Waals surface area contributed by atoms with Crippen LogP contribution in [-0.2, 0) is 0 Å². The molecule has 0 atom stereocenters. The van der Waals surface area contributed by atoms with E-state index in [4.69, 9.17) is 23.0 Å². The standard InChI is InChI=1S/C18H12N6S/c19-11-13(12-20)16(21)17-23(14-7-3-1-4-8-14)18(25)22-24(17)15-9-5-2-6-10-15/h1-10,19H,(H-,21,22,25)/p+1. The van der Waals surface area contributed by atoms with Crippen molar-refractivity contribution in [2.45, 2.75) is 0 Å². The molecule has 0 fully saturated rings. The van der Waals surface area contributed by atoms with Gasteiger partial charge in [-0.25, -0.2) is 0 Å². The number of hydrogen-bond donors (Lipinski definition) is 3. The number of nitriles is 1. The van der Waals surface area contributed by atoms with Crippen molar-refractivity contribution in [1.29, 1.82) is 16.1 Å². The van der Waals surface area contributed by atoms with E-state index in [9.17, 15) is 5.26 Å². The Hall–Kier alpha value is -3.59. The number of aromatic nitrogens is 3. The van der Waals surface area contributed by atoms with E-state index in [-0.39, 0.29) is 11.3 Å². The van der Waals surface area contributed by atoms with Gasteiger partial charge in [-0.1, -0.05) is 36.4 Å². The Morgan fingerprint density at radius 1 is 1.08 bits per heavy atom. The van der Waals surface area contributed by atoms with Gasteiger partial charge in [-0.15, -0.1) is 9.78 Å². The molecule has 6 nitrogen and oxygen atoms in total. The molecule has 0 radical (unpaired) electrons. The molecule has 1 aromatic heterocycles. The monoisotopic (exact) mass is 345 g/mol. The molecule has 3 rings (SSSR count). The highest BCUT2D eigenvalue weighted by Crippen LogP contribution is 2.13. The summed E-state index contributed by atoms with van der Waals surface area (Å²) in [5.41, 5.74) is 1.19. The van der Waals surface area contributed by atoms with Crippen LogP contribution in [0.25, 0.3) is 11.4 Å². The van der Waals surface area contributed by atoms with E-state index in [1.807, 2.05) is 72.6 Å². The van der Waals surface area contributed by atoms with E-state index < -0.39 is 0 Å². The molecule has 3 aromatic rings. The van der Waals surface area contributed by atoms with Crippen LogP contribution in [0.5, 0.6) is 0 Å². The van der Waals surface area contributed by atoms with Crippen molar-refractivity contribution in [2.75, 3.05) is 0 Å². The second-order valence-corrected chi connectivity index (χ2v) is 5.46. The molecule has 0 saturated carbocycles. The van der Waals surface area contributed by atoms with Crippen molar-refractivity contribution >= 4 is 23.8 Å². The molecule has 0 aliphatic rings. The van der Waals surface area contributed by atoms with Gasteiger partial charge in [-0.05, 0) is 42.4 Å². The number of rotatable bonds is 4. The number of H-pyrrole nitrogens is 1. The molecule has 0 unspecified atom stereocenters. The zero-order valence-electron chi connectivity index (χ0n) is 13.0. The van der Waals surface area contributed by atoms with Crippen molar-refractivity contribution in [1.82, 2.24) is 9.78 Å². The molecule has 0 aliphatic carbocycles. The van der Waals surface area contributed by atoms with Crippen LogP contribution in [0.2, 0.25) is 0 Å². The fraction of sp³-hybridized carbons (Fsp3) is 0. The van der Waals surface area contributed by atoms with Crippen LogP contribution in [0, 0.1) is 26.9 Å². The molecular formula is C18H13N6S+. The van der Waals surface area contributed by atoms with E-state index in [0.717, 1.165) is 11.4 Å². The van der Waals surface area contributed by atoms with Crippen LogP contribution < -0.4 is 4.57 Å². The number of nitrogens with zero attached hydrogens (tertiary/aromatic N) is 3. The van der Waals surface area contributed by atoms with Crippen LogP contribution in [-0.4, -0.2) is 21.4 Å². The predicted octanol–water partition coefficient (Wildman–Crippen LogP) is 2.88. The van der Waals surface area contributed by atoms with E-state index in [1.165, 1.54) is 0 Å². The maximum Gasteiger partial charge on any atom is 0.329 e. The Morgan fingerprint density at radius 3 is 2.24 bits per heavy atom. The summed E-state index contributed by atoms with van der Waals surface area (Å²) < 4.78 is 3.67. The third-order valence-corrected chi connectivity index (χ3v) is 3.85. The Labute approximate surface area is 148 Å². The third kappa shape index (κ3) is 2.95. The largest absolute Gasteiger partial charge is 0.329 e. The molecular weight excluding hydrogens is 332 g/mol. The first-order valence-corrected chi connectivity index (χ1v) is 7.75. The number of para-hydroxylation sites is 2. The van der Waals surface area contributed by atoms with Crippen molar-refractivity contribution in [2.24, 2.45) is 0 Å². The molecule has 1 heterocycles. The second kappa shape index (κ2) is 6.89. The molecule has 0 bridgehead atoms. The highest BCUT2D eigenvalue weighted by molar-refractivity contribution is 7.71. The molecule has 25 heavy (non-hydrogen) atoms. The fourth-order valence-corrected chi connectivity index (χ4v) is 2.74. The molecule has 0 saturated heterocycles. The van der Waals surface area contributed by atoms with Gasteiger partial charge in [-0.3, -0.25) is 10.8 Å². The fourth-order valence-electron chi connectivity index (χ4n) is 2.46. The predicted molar refractivity (Wildman–Crippen MR) is 96.2 cm³/mol. The van der Waals surface area contributed by atoms with Gasteiger partial charge in [0.05, 0.1) is 0 Å². The van der Waals surface area contributed by atoms with E-state index in [2.05, 4.69) is 5.10 Å². The van der Waals surface area contributed by atoms with Crippen molar-refractivity contribution < 1.29 is 4.57 Å². The summed E-state index contributed by atoms with van der Waals surface area (Å²) in [4.78, 5) is 0. The van der Waals surface area contributed by atoms with E-state index >= 15 is 0 Å². The number of allylic oxidation sites excluding steroid dienone is 1. The summed E-state index contributed by atoms with van der Waals surface area (Å²) in [7, 11) is 0. The number of benzene rings is 2. The Balaban J connectivity index is 2.36. The number of hydrogen-bond acceptors (Lipinski definition) is 4. The molecule has 0 spiro atoms. The minimum Gasteiger partial charge on any atom is -0.293 e. The van der Waals surface area contributed by atoms with Crippen LogP contribution in [0.1, 0.15) is 5.82 Å². The van der Waals surface area contributed by atoms with Gasteiger partial charge in [0.15, 0.2) is 5.71 Å². The van der Waals surface area contributed by atoms with Crippen molar-refractivity contribution in [3.05, 3.63) is 76.8 Å². The Morgan fingerprint density at radius 2 is 1.68 bits per heavy atom. The summed E-state index contributed by atoms with van der Waals surface area (Å²) >= 11 is 5.45.